The van der Waals surface area contributed by atoms with Gasteiger partial charge in [0.2, 0.25) is 0 Å². The van der Waals surface area contributed by atoms with Gasteiger partial charge in [-0.3, -0.25) is 4.79 Å². The minimum atomic E-state index is 0.00324. The van der Waals surface area contributed by atoms with Crippen LogP contribution in [0.1, 0.15) is 34.5 Å². The Morgan fingerprint density at radius 3 is 2.59 bits per heavy atom. The van der Waals surface area contributed by atoms with Gasteiger partial charge < -0.3 is 9.80 Å². The van der Waals surface area contributed by atoms with Crippen molar-refractivity contribution in [1.82, 2.24) is 14.8 Å². The number of hydrogen-bond acceptors (Lipinski definition) is 4. The third-order valence-electron chi connectivity index (χ3n) is 5.31. The Bertz CT molecular complexity index is 1000. The molecule has 0 atom stereocenters. The Labute approximate surface area is 158 Å². The van der Waals surface area contributed by atoms with E-state index in [1.54, 1.807) is 9.58 Å². The van der Waals surface area contributed by atoms with Crippen LogP contribution in [-0.4, -0.2) is 33.8 Å². The molecule has 1 fully saturated rings. The number of aryl methyl sites for hydroxylation is 1. The first-order chi connectivity index (χ1) is 13.2. The Kier molecular flexibility index (Phi) is 3.70. The van der Waals surface area contributed by atoms with E-state index < -0.39 is 0 Å². The van der Waals surface area contributed by atoms with E-state index in [1.165, 1.54) is 12.8 Å². The predicted octanol–water partition coefficient (Wildman–Crippen LogP) is 3.34. The molecule has 136 valence electrons. The van der Waals surface area contributed by atoms with Crippen molar-refractivity contribution >= 4 is 17.4 Å². The van der Waals surface area contributed by atoms with Gasteiger partial charge in [-0.15, -0.1) is 0 Å². The summed E-state index contributed by atoms with van der Waals surface area (Å²) in [6, 6.07) is 12.1. The van der Waals surface area contributed by atoms with E-state index >= 15 is 0 Å². The smallest absolute Gasteiger partial charge is 0.262 e. The first-order valence-electron chi connectivity index (χ1n) is 9.37. The summed E-state index contributed by atoms with van der Waals surface area (Å²) < 4.78 is 1.76. The second-order valence-electron chi connectivity index (χ2n) is 7.23. The average molecular weight is 359 g/mol. The third-order valence-corrected chi connectivity index (χ3v) is 5.31. The predicted molar refractivity (Wildman–Crippen MR) is 104 cm³/mol. The highest BCUT2D eigenvalue weighted by atomic mass is 16.2. The average Bonchev–Trinajstić information content (AvgIpc) is 3.40. The van der Waals surface area contributed by atoms with Gasteiger partial charge in [-0.2, -0.15) is 5.10 Å². The van der Waals surface area contributed by atoms with Crippen molar-refractivity contribution < 1.29 is 4.79 Å². The number of hydrogen-bond donors (Lipinski definition) is 0. The molecule has 0 N–H and O–H groups in total. The van der Waals surface area contributed by atoms with Crippen molar-refractivity contribution in [3.63, 3.8) is 0 Å². The van der Waals surface area contributed by atoms with Crippen LogP contribution in [0.15, 0.2) is 48.8 Å². The van der Waals surface area contributed by atoms with Crippen molar-refractivity contribution in [2.45, 2.75) is 26.3 Å². The van der Waals surface area contributed by atoms with Gasteiger partial charge in [0.25, 0.3) is 5.91 Å². The Morgan fingerprint density at radius 2 is 1.89 bits per heavy atom. The molecular formula is C21H21N5O. The van der Waals surface area contributed by atoms with E-state index in [1.807, 2.05) is 55.7 Å². The molecule has 0 radical (unpaired) electrons. The summed E-state index contributed by atoms with van der Waals surface area (Å²) >= 11 is 0. The van der Waals surface area contributed by atoms with Crippen molar-refractivity contribution in [3.8, 4) is 5.69 Å². The molecule has 4 heterocycles. The van der Waals surface area contributed by atoms with Gasteiger partial charge in [0.15, 0.2) is 0 Å². The zero-order chi connectivity index (χ0) is 18.4. The minimum Gasteiger partial charge on any atom is -0.357 e. The molecular weight excluding hydrogens is 338 g/mol. The molecule has 0 bridgehead atoms. The number of benzene rings is 1. The summed E-state index contributed by atoms with van der Waals surface area (Å²) in [5.74, 6) is 1.01. The Hall–Kier alpha value is -3.15. The van der Waals surface area contributed by atoms with E-state index in [2.05, 4.69) is 15.0 Å². The molecule has 6 heteroatoms. The topological polar surface area (TPSA) is 54.3 Å². The van der Waals surface area contributed by atoms with E-state index in [9.17, 15) is 4.79 Å². The van der Waals surface area contributed by atoms with E-state index in [4.69, 9.17) is 0 Å². The number of nitrogens with zero attached hydrogens (tertiary/aromatic N) is 5. The highest BCUT2D eigenvalue weighted by molar-refractivity contribution is 6.09. The van der Waals surface area contributed by atoms with Crippen LogP contribution < -0.4 is 9.80 Å². The Balaban J connectivity index is 1.39. The molecule has 1 saturated heterocycles. The van der Waals surface area contributed by atoms with Gasteiger partial charge in [-0.25, -0.2) is 9.67 Å². The van der Waals surface area contributed by atoms with Crippen LogP contribution in [0.25, 0.3) is 5.69 Å². The normalized spacial score (nSPS) is 16.3. The maximum Gasteiger partial charge on any atom is 0.262 e. The van der Waals surface area contributed by atoms with Crippen LogP contribution in [0.2, 0.25) is 0 Å². The lowest BCUT2D eigenvalue weighted by Gasteiger charge is -2.17. The maximum absolute atomic E-state index is 12.8. The molecule has 27 heavy (non-hydrogen) atoms. The second-order valence-corrected chi connectivity index (χ2v) is 7.23. The first-order valence-corrected chi connectivity index (χ1v) is 9.37. The summed E-state index contributed by atoms with van der Waals surface area (Å²) in [6.45, 7) is 4.68. The number of carbonyl (C=O) groups excluding carboxylic acids is 1. The SMILES string of the molecule is Cc1cccc(N2Cc3nn(-c4ccc(N5CCCC5)nc4)cc3C2=O)c1. The van der Waals surface area contributed by atoms with Crippen molar-refractivity contribution in [2.75, 3.05) is 22.9 Å². The molecule has 6 nitrogen and oxygen atoms in total. The maximum atomic E-state index is 12.8. The molecule has 0 saturated carbocycles. The van der Waals surface area contributed by atoms with E-state index in [0.29, 0.717) is 12.1 Å². The number of aromatic nitrogens is 3. The van der Waals surface area contributed by atoms with Crippen LogP contribution >= 0.6 is 0 Å². The molecule has 5 rings (SSSR count). The van der Waals surface area contributed by atoms with E-state index in [-0.39, 0.29) is 5.91 Å². The summed E-state index contributed by atoms with van der Waals surface area (Å²) in [5, 5.41) is 4.64. The Morgan fingerprint density at radius 1 is 1.04 bits per heavy atom. The lowest BCUT2D eigenvalue weighted by Crippen LogP contribution is -2.23. The summed E-state index contributed by atoms with van der Waals surface area (Å²) in [7, 11) is 0. The van der Waals surface area contributed by atoms with E-state index in [0.717, 1.165) is 41.5 Å². The zero-order valence-corrected chi connectivity index (χ0v) is 15.3. The van der Waals surface area contributed by atoms with Crippen molar-refractivity contribution in [1.29, 1.82) is 0 Å². The van der Waals surface area contributed by atoms with Gasteiger partial charge in [0.1, 0.15) is 5.82 Å². The van der Waals surface area contributed by atoms with Crippen LogP contribution in [0.5, 0.6) is 0 Å². The number of rotatable bonds is 3. The monoisotopic (exact) mass is 359 g/mol. The summed E-state index contributed by atoms with van der Waals surface area (Å²) in [5.41, 5.74) is 4.41. The van der Waals surface area contributed by atoms with Crippen molar-refractivity contribution in [3.05, 3.63) is 65.6 Å². The molecule has 0 aliphatic carbocycles. The van der Waals surface area contributed by atoms with Crippen LogP contribution in [0.4, 0.5) is 11.5 Å². The largest absolute Gasteiger partial charge is 0.357 e. The highest BCUT2D eigenvalue weighted by Crippen LogP contribution is 2.29. The van der Waals surface area contributed by atoms with Gasteiger partial charge in [0.05, 0.1) is 29.7 Å². The number of fused-ring (bicyclic) bond motifs is 1. The first kappa shape index (κ1) is 16.1. The van der Waals surface area contributed by atoms with Gasteiger partial charge in [-0.05, 0) is 49.6 Å². The minimum absolute atomic E-state index is 0.00324. The zero-order valence-electron chi connectivity index (χ0n) is 15.3. The van der Waals surface area contributed by atoms with Crippen LogP contribution in [-0.2, 0) is 6.54 Å². The fraction of sp³-hybridized carbons (Fsp3) is 0.286. The highest BCUT2D eigenvalue weighted by Gasteiger charge is 2.32. The molecule has 1 amide bonds. The third kappa shape index (κ3) is 2.77. The van der Waals surface area contributed by atoms with Crippen molar-refractivity contribution in [2.24, 2.45) is 0 Å². The van der Waals surface area contributed by atoms with Gasteiger partial charge in [0, 0.05) is 25.0 Å². The van der Waals surface area contributed by atoms with Gasteiger partial charge in [-0.1, -0.05) is 12.1 Å². The molecule has 2 aliphatic rings. The lowest BCUT2D eigenvalue weighted by molar-refractivity contribution is 0.0996. The number of carbonyl (C=O) groups is 1. The molecule has 2 aromatic heterocycles. The fourth-order valence-electron chi connectivity index (χ4n) is 3.86. The standard InChI is InChI=1S/C21H21N5O/c1-15-5-4-6-16(11-15)25-14-19-18(21(25)27)13-26(23-19)17-7-8-20(22-12-17)24-9-2-3-10-24/h4-8,11-13H,2-3,9-10,14H2,1H3. The molecule has 1 aromatic carbocycles. The molecule has 2 aliphatic heterocycles. The van der Waals surface area contributed by atoms with Gasteiger partial charge >= 0.3 is 0 Å². The number of pyridine rings is 1. The molecule has 3 aromatic rings. The van der Waals surface area contributed by atoms with Crippen LogP contribution in [0.3, 0.4) is 0 Å². The fourth-order valence-corrected chi connectivity index (χ4v) is 3.86. The number of amides is 1. The second kappa shape index (κ2) is 6.23. The quantitative estimate of drug-likeness (QED) is 0.720. The molecule has 0 unspecified atom stereocenters. The summed E-state index contributed by atoms with van der Waals surface area (Å²) in [4.78, 5) is 21.5. The summed E-state index contributed by atoms with van der Waals surface area (Å²) in [6.07, 6.45) is 6.11. The molecule has 0 spiro atoms. The van der Waals surface area contributed by atoms with Crippen LogP contribution in [0, 0.1) is 6.92 Å². The number of anilines is 2. The lowest BCUT2D eigenvalue weighted by atomic mass is 10.2.